The average Bonchev–Trinajstić information content (AvgIpc) is 2.99. The fraction of sp³-hybridized carbons (Fsp3) is 0.583. The van der Waals surface area contributed by atoms with Gasteiger partial charge in [-0.05, 0) is 19.8 Å². The predicted octanol–water partition coefficient (Wildman–Crippen LogP) is 1.49. The Labute approximate surface area is 111 Å². The van der Waals surface area contributed by atoms with E-state index >= 15 is 0 Å². The number of carbonyl (C=O) groups is 1. The van der Waals surface area contributed by atoms with Crippen LogP contribution in [0.25, 0.3) is 0 Å². The van der Waals surface area contributed by atoms with Crippen LogP contribution in [0.15, 0.2) is 17.8 Å². The standard InChI is InChI=1S/C12H18N4OS/c1-3-6-16-10(2)13-14-12(16)18-9-11(17)15-7-4-5-8-15/h3H,1,4-9H2,2H3. The van der Waals surface area contributed by atoms with Gasteiger partial charge in [-0.25, -0.2) is 0 Å². The number of rotatable bonds is 5. The fourth-order valence-electron chi connectivity index (χ4n) is 1.99. The third kappa shape index (κ3) is 2.93. The Kier molecular flexibility index (Phi) is 4.41. The number of amides is 1. The van der Waals surface area contributed by atoms with E-state index in [1.165, 1.54) is 11.8 Å². The molecule has 2 rings (SSSR count). The number of nitrogens with zero attached hydrogens (tertiary/aromatic N) is 4. The van der Waals surface area contributed by atoms with Gasteiger partial charge in [-0.15, -0.1) is 16.8 Å². The lowest BCUT2D eigenvalue weighted by Gasteiger charge is -2.14. The zero-order valence-electron chi connectivity index (χ0n) is 10.6. The van der Waals surface area contributed by atoms with Crippen LogP contribution in [0.5, 0.6) is 0 Å². The highest BCUT2D eigenvalue weighted by Crippen LogP contribution is 2.18. The molecule has 0 spiro atoms. The normalized spacial score (nSPS) is 15.1. The van der Waals surface area contributed by atoms with E-state index in [0.29, 0.717) is 12.3 Å². The number of thioether (sulfide) groups is 1. The highest BCUT2D eigenvalue weighted by Gasteiger charge is 2.19. The molecule has 1 aromatic heterocycles. The lowest BCUT2D eigenvalue weighted by atomic mass is 10.4. The van der Waals surface area contributed by atoms with Gasteiger partial charge in [0.05, 0.1) is 5.75 Å². The number of likely N-dealkylation sites (tertiary alicyclic amines) is 1. The van der Waals surface area contributed by atoms with Crippen molar-refractivity contribution in [2.24, 2.45) is 0 Å². The van der Waals surface area contributed by atoms with E-state index in [1.807, 2.05) is 22.5 Å². The Bertz CT molecular complexity index is 437. The summed E-state index contributed by atoms with van der Waals surface area (Å²) in [6, 6.07) is 0. The van der Waals surface area contributed by atoms with E-state index in [4.69, 9.17) is 0 Å². The Morgan fingerprint density at radius 3 is 2.83 bits per heavy atom. The summed E-state index contributed by atoms with van der Waals surface area (Å²) in [5, 5.41) is 8.91. The van der Waals surface area contributed by atoms with Gasteiger partial charge in [0.25, 0.3) is 0 Å². The topological polar surface area (TPSA) is 51.0 Å². The summed E-state index contributed by atoms with van der Waals surface area (Å²) in [6.07, 6.45) is 4.06. The maximum absolute atomic E-state index is 11.9. The first-order valence-electron chi connectivity index (χ1n) is 6.13. The molecule has 1 fully saturated rings. The first kappa shape index (κ1) is 13.1. The van der Waals surface area contributed by atoms with Gasteiger partial charge in [-0.3, -0.25) is 4.79 Å². The molecule has 0 aromatic carbocycles. The molecule has 2 heterocycles. The Morgan fingerprint density at radius 2 is 2.17 bits per heavy atom. The summed E-state index contributed by atoms with van der Waals surface area (Å²) >= 11 is 1.45. The van der Waals surface area contributed by atoms with Crippen molar-refractivity contribution in [2.45, 2.75) is 31.5 Å². The highest BCUT2D eigenvalue weighted by molar-refractivity contribution is 7.99. The maximum atomic E-state index is 11.9. The minimum Gasteiger partial charge on any atom is -0.342 e. The van der Waals surface area contributed by atoms with Gasteiger partial charge in [0, 0.05) is 19.6 Å². The summed E-state index contributed by atoms with van der Waals surface area (Å²) in [5.74, 6) is 1.49. The summed E-state index contributed by atoms with van der Waals surface area (Å²) in [7, 11) is 0. The van der Waals surface area contributed by atoms with Crippen LogP contribution >= 0.6 is 11.8 Å². The van der Waals surface area contributed by atoms with Crippen LogP contribution in [-0.2, 0) is 11.3 Å². The zero-order chi connectivity index (χ0) is 13.0. The maximum Gasteiger partial charge on any atom is 0.233 e. The molecule has 1 amide bonds. The number of allylic oxidation sites excluding steroid dienone is 1. The highest BCUT2D eigenvalue weighted by atomic mass is 32.2. The second-order valence-electron chi connectivity index (χ2n) is 4.31. The molecule has 0 saturated carbocycles. The number of carbonyl (C=O) groups excluding carboxylic acids is 1. The summed E-state index contributed by atoms with van der Waals surface area (Å²) in [4.78, 5) is 13.8. The molecule has 5 nitrogen and oxygen atoms in total. The Balaban J connectivity index is 1.93. The molecule has 0 radical (unpaired) electrons. The van der Waals surface area contributed by atoms with Crippen molar-refractivity contribution in [1.29, 1.82) is 0 Å². The van der Waals surface area contributed by atoms with Crippen LogP contribution in [0, 0.1) is 6.92 Å². The number of hydrogen-bond acceptors (Lipinski definition) is 4. The molecule has 1 saturated heterocycles. The third-order valence-electron chi connectivity index (χ3n) is 3.00. The monoisotopic (exact) mass is 266 g/mol. The van der Waals surface area contributed by atoms with Gasteiger partial charge in [-0.1, -0.05) is 17.8 Å². The van der Waals surface area contributed by atoms with Crippen LogP contribution in [-0.4, -0.2) is 44.4 Å². The van der Waals surface area contributed by atoms with E-state index < -0.39 is 0 Å². The lowest BCUT2D eigenvalue weighted by Crippen LogP contribution is -2.29. The van der Waals surface area contributed by atoms with Crippen LogP contribution in [0.4, 0.5) is 0 Å². The Hall–Kier alpha value is -1.30. The van der Waals surface area contributed by atoms with Gasteiger partial charge in [-0.2, -0.15) is 0 Å². The minimum absolute atomic E-state index is 0.198. The van der Waals surface area contributed by atoms with Crippen molar-refractivity contribution in [2.75, 3.05) is 18.8 Å². The summed E-state index contributed by atoms with van der Waals surface area (Å²) in [5.41, 5.74) is 0. The molecular formula is C12H18N4OS. The fourth-order valence-corrected chi connectivity index (χ4v) is 2.89. The summed E-state index contributed by atoms with van der Waals surface area (Å²) in [6.45, 7) is 8.10. The summed E-state index contributed by atoms with van der Waals surface area (Å²) < 4.78 is 1.97. The third-order valence-corrected chi connectivity index (χ3v) is 3.95. The molecule has 6 heteroatoms. The molecule has 0 bridgehead atoms. The molecule has 1 aliphatic heterocycles. The SMILES string of the molecule is C=CCn1c(C)nnc1SCC(=O)N1CCCC1. The quantitative estimate of drug-likeness (QED) is 0.598. The van der Waals surface area contributed by atoms with Crippen molar-refractivity contribution in [1.82, 2.24) is 19.7 Å². The molecule has 18 heavy (non-hydrogen) atoms. The molecule has 0 N–H and O–H groups in total. The first-order chi connectivity index (χ1) is 8.72. The van der Waals surface area contributed by atoms with Crippen molar-refractivity contribution in [3.8, 4) is 0 Å². The molecule has 98 valence electrons. The van der Waals surface area contributed by atoms with Crippen LogP contribution in [0.1, 0.15) is 18.7 Å². The second kappa shape index (κ2) is 6.04. The van der Waals surface area contributed by atoms with E-state index in [9.17, 15) is 4.79 Å². The molecule has 1 aromatic rings. The van der Waals surface area contributed by atoms with Gasteiger partial charge >= 0.3 is 0 Å². The number of aryl methyl sites for hydroxylation is 1. The van der Waals surface area contributed by atoms with Crippen molar-refractivity contribution in [3.05, 3.63) is 18.5 Å². The molecule has 0 atom stereocenters. The average molecular weight is 266 g/mol. The molecule has 1 aliphatic rings. The van der Waals surface area contributed by atoms with Gasteiger partial charge in [0.15, 0.2) is 5.16 Å². The van der Waals surface area contributed by atoms with Gasteiger partial charge in [0.2, 0.25) is 5.91 Å². The van der Waals surface area contributed by atoms with E-state index in [-0.39, 0.29) is 5.91 Å². The molecule has 0 unspecified atom stereocenters. The van der Waals surface area contributed by atoms with E-state index in [2.05, 4.69) is 16.8 Å². The molecular weight excluding hydrogens is 248 g/mol. The zero-order valence-corrected chi connectivity index (χ0v) is 11.4. The molecule has 0 aliphatic carbocycles. The van der Waals surface area contributed by atoms with Crippen LogP contribution < -0.4 is 0 Å². The van der Waals surface area contributed by atoms with E-state index in [0.717, 1.165) is 36.9 Å². The number of aromatic nitrogens is 3. The van der Waals surface area contributed by atoms with Crippen LogP contribution in [0.2, 0.25) is 0 Å². The lowest BCUT2D eigenvalue weighted by molar-refractivity contribution is -0.127. The van der Waals surface area contributed by atoms with Gasteiger partial charge in [0.1, 0.15) is 5.82 Å². The second-order valence-corrected chi connectivity index (χ2v) is 5.25. The van der Waals surface area contributed by atoms with Crippen LogP contribution in [0.3, 0.4) is 0 Å². The minimum atomic E-state index is 0.198. The largest absolute Gasteiger partial charge is 0.342 e. The smallest absolute Gasteiger partial charge is 0.233 e. The van der Waals surface area contributed by atoms with Crippen molar-refractivity contribution in [3.63, 3.8) is 0 Å². The van der Waals surface area contributed by atoms with E-state index in [1.54, 1.807) is 0 Å². The number of hydrogen-bond donors (Lipinski definition) is 0. The predicted molar refractivity (Wildman–Crippen MR) is 71.5 cm³/mol. The van der Waals surface area contributed by atoms with Gasteiger partial charge < -0.3 is 9.47 Å². The Morgan fingerprint density at radius 1 is 1.44 bits per heavy atom. The van der Waals surface area contributed by atoms with Crippen molar-refractivity contribution < 1.29 is 4.79 Å². The first-order valence-corrected chi connectivity index (χ1v) is 7.12. The van der Waals surface area contributed by atoms with Crippen molar-refractivity contribution >= 4 is 17.7 Å².